The molecule has 2 heterocycles. The van der Waals surface area contributed by atoms with E-state index in [1.54, 1.807) is 30.2 Å². The van der Waals surface area contributed by atoms with Crippen molar-refractivity contribution in [3.05, 3.63) is 34.9 Å². The molecule has 2 aliphatic heterocycles. The number of rotatable bonds is 9. The molecule has 1 aromatic carbocycles. The highest BCUT2D eigenvalue weighted by molar-refractivity contribution is 6.22. The Morgan fingerprint density at radius 2 is 2.00 bits per heavy atom. The van der Waals surface area contributed by atoms with Gasteiger partial charge in [-0.1, -0.05) is 0 Å². The maximum absolute atomic E-state index is 12.6. The average Bonchev–Trinajstić information content (AvgIpc) is 2.96. The van der Waals surface area contributed by atoms with Gasteiger partial charge in [0.2, 0.25) is 0 Å². The number of likely N-dealkylation sites (tertiary alicyclic amines) is 1. The number of carbonyl (C=O) groups excluding carboxylic acids is 3. The predicted molar refractivity (Wildman–Crippen MR) is 109 cm³/mol. The van der Waals surface area contributed by atoms with E-state index in [-0.39, 0.29) is 17.7 Å². The van der Waals surface area contributed by atoms with Gasteiger partial charge >= 0.3 is 0 Å². The largest absolute Gasteiger partial charge is 0.385 e. The minimum Gasteiger partial charge on any atom is -0.385 e. The summed E-state index contributed by atoms with van der Waals surface area (Å²) in [5.41, 5.74) is 1.10. The summed E-state index contributed by atoms with van der Waals surface area (Å²) in [4.78, 5) is 40.4. The van der Waals surface area contributed by atoms with Crippen LogP contribution < -0.4 is 10.2 Å². The summed E-state index contributed by atoms with van der Waals surface area (Å²) < 4.78 is 4.99. The molecule has 3 amide bonds. The number of fused-ring (bicyclic) bond motifs is 1. The first-order valence-corrected chi connectivity index (χ1v) is 10.6. The van der Waals surface area contributed by atoms with E-state index in [2.05, 4.69) is 12.2 Å². The van der Waals surface area contributed by atoms with Gasteiger partial charge < -0.3 is 15.0 Å². The molecule has 0 aromatic heterocycles. The normalized spacial score (nSPS) is 21.4. The molecule has 0 spiro atoms. The number of methoxy groups -OCH3 is 1. The Bertz CT molecular complexity index is 764. The summed E-state index contributed by atoms with van der Waals surface area (Å²) in [6.45, 7) is 6.00. The van der Waals surface area contributed by atoms with Gasteiger partial charge in [0.25, 0.3) is 17.7 Å². The smallest absolute Gasteiger partial charge is 0.261 e. The predicted octanol–water partition coefficient (Wildman–Crippen LogP) is 0.896. The van der Waals surface area contributed by atoms with E-state index in [1.807, 2.05) is 0 Å². The van der Waals surface area contributed by atoms with Crippen LogP contribution in [-0.4, -0.2) is 68.6 Å². The van der Waals surface area contributed by atoms with Crippen LogP contribution >= 0.6 is 0 Å². The van der Waals surface area contributed by atoms with Gasteiger partial charge in [0.15, 0.2) is 0 Å². The molecule has 0 radical (unpaired) electrons. The number of ether oxygens (including phenoxy) is 1. The van der Waals surface area contributed by atoms with E-state index >= 15 is 0 Å². The van der Waals surface area contributed by atoms with Crippen molar-refractivity contribution in [1.29, 1.82) is 0 Å². The maximum atomic E-state index is 12.6. The van der Waals surface area contributed by atoms with Crippen LogP contribution in [0.15, 0.2) is 18.2 Å². The fourth-order valence-corrected chi connectivity index (χ4v) is 4.25. The SMILES string of the molecule is COCCCN1C(=O)c2ccc(C(=O)NCCC[NH+]3CCCC[C@H]3C)cc2C1=O. The molecule has 1 unspecified atom stereocenters. The number of hydrogen-bond acceptors (Lipinski definition) is 4. The molecular formula is C22H32N3O4+. The molecule has 2 atom stereocenters. The molecule has 3 rings (SSSR count). The molecule has 0 bridgehead atoms. The zero-order chi connectivity index (χ0) is 20.8. The number of imide groups is 1. The second kappa shape index (κ2) is 9.98. The standard InChI is InChI=1S/C22H31N3O4/c1-16-7-3-4-11-24(16)12-5-10-23-20(26)17-8-9-18-19(15-17)22(28)25(21(18)27)13-6-14-29-2/h8-9,15-16H,3-7,10-14H2,1-2H3,(H,23,26)/p+1/t16-/m1/s1. The summed E-state index contributed by atoms with van der Waals surface area (Å²) in [6.07, 6.45) is 5.42. The zero-order valence-corrected chi connectivity index (χ0v) is 17.5. The molecule has 0 saturated carbocycles. The Labute approximate surface area is 172 Å². The fourth-order valence-electron chi connectivity index (χ4n) is 4.25. The van der Waals surface area contributed by atoms with Crippen molar-refractivity contribution in [2.24, 2.45) is 0 Å². The molecule has 1 fully saturated rings. The summed E-state index contributed by atoms with van der Waals surface area (Å²) in [6, 6.07) is 5.45. The number of piperidine rings is 1. The molecule has 1 aromatic rings. The van der Waals surface area contributed by atoms with Gasteiger partial charge in [-0.2, -0.15) is 0 Å². The molecule has 7 nitrogen and oxygen atoms in total. The number of carbonyl (C=O) groups is 3. The summed E-state index contributed by atoms with van der Waals surface area (Å²) >= 11 is 0. The van der Waals surface area contributed by atoms with Crippen molar-refractivity contribution in [2.45, 2.75) is 45.1 Å². The second-order valence-corrected chi connectivity index (χ2v) is 8.03. The highest BCUT2D eigenvalue weighted by Gasteiger charge is 2.35. The molecule has 158 valence electrons. The number of benzene rings is 1. The van der Waals surface area contributed by atoms with Crippen molar-refractivity contribution in [2.75, 3.05) is 39.9 Å². The number of quaternary nitrogens is 1. The van der Waals surface area contributed by atoms with Crippen LogP contribution in [0.1, 0.15) is 70.1 Å². The third kappa shape index (κ3) is 5.03. The maximum Gasteiger partial charge on any atom is 0.261 e. The zero-order valence-electron chi connectivity index (χ0n) is 17.5. The van der Waals surface area contributed by atoms with Crippen molar-refractivity contribution < 1.29 is 24.0 Å². The van der Waals surface area contributed by atoms with Gasteiger partial charge in [-0.25, -0.2) is 0 Å². The van der Waals surface area contributed by atoms with E-state index in [0.717, 1.165) is 13.0 Å². The van der Waals surface area contributed by atoms with Crippen LogP contribution in [0.3, 0.4) is 0 Å². The van der Waals surface area contributed by atoms with Crippen LogP contribution in [0.4, 0.5) is 0 Å². The third-order valence-electron chi connectivity index (χ3n) is 6.01. The third-order valence-corrected chi connectivity index (χ3v) is 6.01. The Balaban J connectivity index is 1.52. The lowest BCUT2D eigenvalue weighted by Gasteiger charge is -2.30. The summed E-state index contributed by atoms with van der Waals surface area (Å²) in [7, 11) is 1.59. The van der Waals surface area contributed by atoms with Crippen molar-refractivity contribution in [1.82, 2.24) is 10.2 Å². The van der Waals surface area contributed by atoms with Crippen molar-refractivity contribution in [3.63, 3.8) is 0 Å². The second-order valence-electron chi connectivity index (χ2n) is 8.03. The van der Waals surface area contributed by atoms with Crippen LogP contribution in [0, 0.1) is 0 Å². The molecule has 1 saturated heterocycles. The van der Waals surface area contributed by atoms with Gasteiger partial charge in [-0.05, 0) is 50.8 Å². The van der Waals surface area contributed by atoms with Crippen LogP contribution in [0.25, 0.3) is 0 Å². The monoisotopic (exact) mass is 402 g/mol. The summed E-state index contributed by atoms with van der Waals surface area (Å²) in [5.74, 6) is -0.835. The van der Waals surface area contributed by atoms with Gasteiger partial charge in [0, 0.05) is 38.8 Å². The van der Waals surface area contributed by atoms with E-state index in [9.17, 15) is 14.4 Å². The Kier molecular flexibility index (Phi) is 7.39. The first kappa shape index (κ1) is 21.5. The molecule has 2 N–H and O–H groups in total. The summed E-state index contributed by atoms with van der Waals surface area (Å²) in [5, 5.41) is 2.95. The lowest BCUT2D eigenvalue weighted by molar-refractivity contribution is -0.928. The molecule has 29 heavy (non-hydrogen) atoms. The fraction of sp³-hybridized carbons (Fsp3) is 0.591. The quantitative estimate of drug-likeness (QED) is 0.475. The number of nitrogens with one attached hydrogen (secondary N) is 2. The Morgan fingerprint density at radius 3 is 2.76 bits per heavy atom. The van der Waals surface area contributed by atoms with Gasteiger partial charge in [-0.15, -0.1) is 0 Å². The Morgan fingerprint density at radius 1 is 1.21 bits per heavy atom. The number of nitrogens with zero attached hydrogens (tertiary/aromatic N) is 1. The van der Waals surface area contributed by atoms with Crippen molar-refractivity contribution >= 4 is 17.7 Å². The first-order chi connectivity index (χ1) is 14.0. The van der Waals surface area contributed by atoms with E-state index in [4.69, 9.17) is 4.74 Å². The minimum absolute atomic E-state index is 0.201. The first-order valence-electron chi connectivity index (χ1n) is 10.6. The molecule has 7 heteroatoms. The number of hydrogen-bond donors (Lipinski definition) is 2. The highest BCUT2D eigenvalue weighted by atomic mass is 16.5. The highest BCUT2D eigenvalue weighted by Crippen LogP contribution is 2.24. The van der Waals surface area contributed by atoms with Crippen LogP contribution in [-0.2, 0) is 4.74 Å². The van der Waals surface area contributed by atoms with E-state index in [0.29, 0.717) is 48.8 Å². The lowest BCUT2D eigenvalue weighted by Crippen LogP contribution is -3.16. The minimum atomic E-state index is -0.335. The molecular weight excluding hydrogens is 370 g/mol. The van der Waals surface area contributed by atoms with Gasteiger partial charge in [0.05, 0.1) is 30.3 Å². The van der Waals surface area contributed by atoms with E-state index in [1.165, 1.54) is 30.7 Å². The van der Waals surface area contributed by atoms with E-state index < -0.39 is 0 Å². The number of amides is 3. The van der Waals surface area contributed by atoms with Crippen LogP contribution in [0.2, 0.25) is 0 Å². The Hall–Kier alpha value is -2.25. The van der Waals surface area contributed by atoms with Crippen LogP contribution in [0.5, 0.6) is 0 Å². The molecule has 0 aliphatic carbocycles. The van der Waals surface area contributed by atoms with Crippen molar-refractivity contribution in [3.8, 4) is 0 Å². The average molecular weight is 403 g/mol. The lowest BCUT2D eigenvalue weighted by atomic mass is 10.0. The molecule has 2 aliphatic rings. The van der Waals surface area contributed by atoms with Gasteiger partial charge in [-0.3, -0.25) is 19.3 Å². The topological polar surface area (TPSA) is 80.2 Å². The van der Waals surface area contributed by atoms with Gasteiger partial charge in [0.1, 0.15) is 0 Å².